The number of hydrogen-bond acceptors (Lipinski definition) is 21. The fourth-order valence-electron chi connectivity index (χ4n) is 9.89. The van der Waals surface area contributed by atoms with Gasteiger partial charge in [0.1, 0.15) is 91.6 Å². The second kappa shape index (κ2) is 39.4. The summed E-state index contributed by atoms with van der Waals surface area (Å²) in [5, 5.41) is 117. The van der Waals surface area contributed by atoms with E-state index in [0.717, 1.165) is 51.4 Å². The van der Waals surface area contributed by atoms with Gasteiger partial charge in [-0.05, 0) is 12.8 Å². The molecule has 76 heavy (non-hydrogen) atoms. The van der Waals surface area contributed by atoms with Gasteiger partial charge in [0.05, 0.1) is 26.4 Å². The second-order valence-corrected chi connectivity index (χ2v) is 22.6. The molecule has 0 spiro atoms. The van der Waals surface area contributed by atoms with Crippen LogP contribution in [0.4, 0.5) is 0 Å². The first-order valence-corrected chi connectivity index (χ1v) is 30.4. The first-order valence-electron chi connectivity index (χ1n) is 28.9. The van der Waals surface area contributed by atoms with Gasteiger partial charge in [0.25, 0.3) is 0 Å². The molecule has 0 aromatic heterocycles. The fraction of sp³-hybridized carbons (Fsp3) is 0.981. The van der Waals surface area contributed by atoms with Crippen LogP contribution >= 0.6 is 7.82 Å². The number of phosphoric acid groups is 1. The van der Waals surface area contributed by atoms with Gasteiger partial charge in [0, 0.05) is 13.0 Å². The molecule has 1 aliphatic carbocycles. The predicted octanol–water partition coefficient (Wildman–Crippen LogP) is 3.85. The average molecular weight is 1120 g/mol. The highest BCUT2D eigenvalue weighted by Crippen LogP contribution is 2.49. The monoisotopic (exact) mass is 1120 g/mol. The van der Waals surface area contributed by atoms with E-state index in [-0.39, 0.29) is 13.0 Å². The van der Waals surface area contributed by atoms with Crippen molar-refractivity contribution in [1.29, 1.82) is 0 Å². The lowest BCUT2D eigenvalue weighted by molar-refractivity contribution is -0.360. The van der Waals surface area contributed by atoms with Gasteiger partial charge in [-0.25, -0.2) is 4.57 Å². The van der Waals surface area contributed by atoms with E-state index in [4.69, 9.17) is 37.5 Å². The highest BCUT2D eigenvalue weighted by atomic mass is 31.2. The lowest BCUT2D eigenvalue weighted by Gasteiger charge is -2.49. The Morgan fingerprint density at radius 3 is 1.20 bits per heavy atom. The molecule has 450 valence electrons. The van der Waals surface area contributed by atoms with Crippen LogP contribution in [0.2, 0.25) is 0 Å². The quantitative estimate of drug-likeness (QED) is 0.0234. The molecule has 23 heteroatoms. The first kappa shape index (κ1) is 69.2. The number of carbonyl (C=O) groups excluding carboxylic acids is 1. The SMILES string of the molecule is CCCCCCCCCCCCCCCCOC[C@H](COP(=O)(O)OC1C(O[C@H]2OC(CO)[C@@H](O)[C@H](O)C2O)C(O)C(O)[C@H](O)C1O[C@H]1OC(CO)[C@@H](O)C(O)[C@H]1O)OC(=O)CCCCCCCCCCCCCCC. The lowest BCUT2D eigenvalue weighted by Crippen LogP contribution is -2.69. The Morgan fingerprint density at radius 1 is 0.461 bits per heavy atom. The standard InChI is InChI=1S/C53H101O22P/c1-3-5-7-9-11-13-15-17-19-21-23-25-27-29-31-68-34-36(70-39(56)30-28-26-24-22-20-18-16-14-12-10-8-6-4-2)35-69-76(66,67)75-51-49(73-52-47(64)42(59)40(57)37(32-54)71-52)45(62)44(61)46(63)50(51)74-53-48(65)43(60)41(58)38(33-55)72-53/h36-38,40-55,57-65H,3-35H2,1-2H3,(H,66,67)/t36-,37?,38?,40-,41-,42+,43?,44?,45?,46+,47?,48-,49?,50?,51?,52-,53-/m1/s1. The Bertz CT molecular complexity index is 1470. The third-order valence-corrected chi connectivity index (χ3v) is 15.7. The maximum absolute atomic E-state index is 14.0. The number of unbranched alkanes of at least 4 members (excludes halogenated alkanes) is 25. The Morgan fingerprint density at radius 2 is 0.816 bits per heavy atom. The summed E-state index contributed by atoms with van der Waals surface area (Å²) in [5.41, 5.74) is 0. The minimum absolute atomic E-state index is 0.0641. The van der Waals surface area contributed by atoms with Crippen molar-refractivity contribution in [3.05, 3.63) is 0 Å². The van der Waals surface area contributed by atoms with Crippen LogP contribution in [0.5, 0.6) is 0 Å². The normalized spacial score (nSPS) is 32.3. The van der Waals surface area contributed by atoms with Crippen LogP contribution in [0, 0.1) is 0 Å². The summed E-state index contributed by atoms with van der Waals surface area (Å²) < 4.78 is 58.8. The highest BCUT2D eigenvalue weighted by Gasteiger charge is 2.58. The van der Waals surface area contributed by atoms with E-state index in [1.54, 1.807) is 0 Å². The van der Waals surface area contributed by atoms with Crippen LogP contribution in [0.25, 0.3) is 0 Å². The largest absolute Gasteiger partial charge is 0.472 e. The molecular weight excluding hydrogens is 1020 g/mol. The zero-order valence-electron chi connectivity index (χ0n) is 45.5. The molecule has 0 aromatic carbocycles. The molecular formula is C53H101O22P. The van der Waals surface area contributed by atoms with Crippen molar-refractivity contribution in [1.82, 2.24) is 0 Å². The molecule has 10 unspecified atom stereocenters. The summed E-state index contributed by atoms with van der Waals surface area (Å²) in [6.45, 7) is 1.90. The number of aliphatic hydroxyl groups is 11. The van der Waals surface area contributed by atoms with E-state index in [2.05, 4.69) is 13.8 Å². The molecule has 3 aliphatic rings. The molecule has 1 saturated carbocycles. The lowest BCUT2D eigenvalue weighted by atomic mass is 9.84. The van der Waals surface area contributed by atoms with Crippen LogP contribution in [-0.4, -0.2) is 204 Å². The minimum Gasteiger partial charge on any atom is -0.457 e. The third kappa shape index (κ3) is 25.0. The van der Waals surface area contributed by atoms with Crippen LogP contribution in [0.1, 0.15) is 194 Å². The summed E-state index contributed by atoms with van der Waals surface area (Å²) in [7, 11) is -5.53. The number of hydrogen-bond donors (Lipinski definition) is 12. The van der Waals surface area contributed by atoms with Gasteiger partial charge in [-0.1, -0.05) is 174 Å². The van der Waals surface area contributed by atoms with Crippen LogP contribution in [-0.2, 0) is 46.8 Å². The summed E-state index contributed by atoms with van der Waals surface area (Å²) in [5.74, 6) is -0.598. The molecule has 0 amide bonds. The van der Waals surface area contributed by atoms with Gasteiger partial charge < -0.3 is 89.5 Å². The number of carbonyl (C=O) groups is 1. The Balaban J connectivity index is 1.69. The zero-order valence-corrected chi connectivity index (χ0v) is 46.4. The van der Waals surface area contributed by atoms with Gasteiger partial charge in [-0.2, -0.15) is 0 Å². The van der Waals surface area contributed by atoms with Crippen molar-refractivity contribution in [2.24, 2.45) is 0 Å². The van der Waals surface area contributed by atoms with Crippen LogP contribution < -0.4 is 0 Å². The maximum atomic E-state index is 14.0. The van der Waals surface area contributed by atoms with Gasteiger partial charge in [-0.15, -0.1) is 0 Å². The number of esters is 1. The first-order chi connectivity index (χ1) is 36.5. The van der Waals surface area contributed by atoms with Crippen molar-refractivity contribution >= 4 is 13.8 Å². The Hall–Kier alpha value is -1.06. The molecule has 2 heterocycles. The van der Waals surface area contributed by atoms with Crippen LogP contribution in [0.15, 0.2) is 0 Å². The van der Waals surface area contributed by atoms with E-state index in [9.17, 15) is 70.4 Å². The maximum Gasteiger partial charge on any atom is 0.472 e. The second-order valence-electron chi connectivity index (χ2n) is 21.2. The number of phosphoric ester groups is 1. The summed E-state index contributed by atoms with van der Waals surface area (Å²) in [6.07, 6.45) is -2.96. The molecule has 0 aromatic rings. The van der Waals surface area contributed by atoms with Gasteiger partial charge >= 0.3 is 13.8 Å². The number of ether oxygens (including phenoxy) is 6. The van der Waals surface area contributed by atoms with Gasteiger partial charge in [0.15, 0.2) is 12.6 Å². The Labute approximate surface area is 451 Å². The van der Waals surface area contributed by atoms with Crippen molar-refractivity contribution in [3.8, 4) is 0 Å². The summed E-state index contributed by atoms with van der Waals surface area (Å²) >= 11 is 0. The molecule has 0 radical (unpaired) electrons. The average Bonchev–Trinajstić information content (AvgIpc) is 3.41. The molecule has 12 N–H and O–H groups in total. The van der Waals surface area contributed by atoms with E-state index in [0.29, 0.717) is 19.4 Å². The van der Waals surface area contributed by atoms with E-state index < -0.39 is 138 Å². The van der Waals surface area contributed by atoms with Crippen molar-refractivity contribution < 1.29 is 108 Å². The third-order valence-electron chi connectivity index (χ3n) is 14.7. The number of rotatable bonds is 43. The molecule has 2 saturated heterocycles. The van der Waals surface area contributed by atoms with E-state index in [1.807, 2.05) is 0 Å². The molecule has 3 fully saturated rings. The van der Waals surface area contributed by atoms with E-state index in [1.165, 1.54) is 109 Å². The van der Waals surface area contributed by atoms with Crippen molar-refractivity contribution in [3.63, 3.8) is 0 Å². The summed E-state index contributed by atoms with van der Waals surface area (Å²) in [6, 6.07) is 0. The minimum atomic E-state index is -5.53. The fourth-order valence-corrected chi connectivity index (χ4v) is 10.9. The zero-order chi connectivity index (χ0) is 55.9. The van der Waals surface area contributed by atoms with E-state index >= 15 is 0 Å². The molecule has 18 atom stereocenters. The van der Waals surface area contributed by atoms with Gasteiger partial charge in [0.2, 0.25) is 0 Å². The molecule has 22 nitrogen and oxygen atoms in total. The number of aliphatic hydroxyl groups excluding tert-OH is 11. The van der Waals surface area contributed by atoms with Crippen LogP contribution in [0.3, 0.4) is 0 Å². The summed E-state index contributed by atoms with van der Waals surface area (Å²) in [4.78, 5) is 24.5. The molecule has 0 bridgehead atoms. The smallest absolute Gasteiger partial charge is 0.457 e. The topological polar surface area (TPSA) is 351 Å². The Kier molecular flexibility index (Phi) is 35.9. The molecule has 3 rings (SSSR count). The highest BCUT2D eigenvalue weighted by molar-refractivity contribution is 7.47. The van der Waals surface area contributed by atoms with Gasteiger partial charge in [-0.3, -0.25) is 13.8 Å². The predicted molar refractivity (Wildman–Crippen MR) is 277 cm³/mol. The van der Waals surface area contributed by atoms with Crippen molar-refractivity contribution in [2.75, 3.05) is 33.0 Å². The van der Waals surface area contributed by atoms with Crippen molar-refractivity contribution in [2.45, 2.75) is 298 Å². The molecule has 2 aliphatic heterocycles.